The normalized spacial score (nSPS) is 20.9. The van der Waals surface area contributed by atoms with E-state index in [1.807, 2.05) is 0 Å². The number of nitrogens with zero attached hydrogens (tertiary/aromatic N) is 2. The molecule has 1 atom stereocenters. The van der Waals surface area contributed by atoms with Crippen LogP contribution in [0.1, 0.15) is 91.2 Å². The first-order valence-corrected chi connectivity index (χ1v) is 17.1. The lowest BCUT2D eigenvalue weighted by Gasteiger charge is -2.49. The molecule has 3 aromatic rings. The van der Waals surface area contributed by atoms with Crippen LogP contribution in [0.3, 0.4) is 0 Å². The third-order valence-electron chi connectivity index (χ3n) is 11.4. The Morgan fingerprint density at radius 2 is 1.55 bits per heavy atom. The summed E-state index contributed by atoms with van der Waals surface area (Å²) in [6.45, 7) is 14.9. The predicted molar refractivity (Wildman–Crippen MR) is 189 cm³/mol. The first-order valence-electron chi connectivity index (χ1n) is 17.1. The Morgan fingerprint density at radius 1 is 0.795 bits per heavy atom. The van der Waals surface area contributed by atoms with Crippen molar-refractivity contribution in [1.29, 1.82) is 0 Å². The molecule has 0 spiro atoms. The van der Waals surface area contributed by atoms with Crippen molar-refractivity contribution in [3.63, 3.8) is 0 Å². The van der Waals surface area contributed by atoms with E-state index in [-0.39, 0.29) is 17.5 Å². The van der Waals surface area contributed by atoms with Crippen molar-refractivity contribution < 1.29 is 0 Å². The predicted octanol–water partition coefficient (Wildman–Crippen LogP) is 10.1. The molecule has 0 amide bonds. The van der Waals surface area contributed by atoms with Gasteiger partial charge >= 0.3 is 0 Å². The van der Waals surface area contributed by atoms with Crippen LogP contribution in [-0.4, -0.2) is 12.8 Å². The maximum Gasteiger partial charge on any atom is 0.252 e. The van der Waals surface area contributed by atoms with Crippen LogP contribution in [0.4, 0.5) is 17.1 Å². The number of anilines is 3. The number of rotatable bonds is 6. The zero-order valence-electron chi connectivity index (χ0n) is 27.4. The molecule has 2 nitrogen and oxygen atoms in total. The quantitative estimate of drug-likeness (QED) is 0.213. The molecule has 3 aromatic carbocycles. The number of hydrogen-bond donors (Lipinski definition) is 0. The molecule has 0 N–H and O–H groups in total. The highest BCUT2D eigenvalue weighted by Crippen LogP contribution is 2.61. The van der Waals surface area contributed by atoms with Crippen LogP contribution >= 0.6 is 0 Å². The minimum Gasteiger partial charge on any atom is -0.342 e. The number of hydrogen-bond acceptors (Lipinski definition) is 2. The van der Waals surface area contributed by atoms with Crippen LogP contribution in [0.5, 0.6) is 0 Å². The number of para-hydroxylation sites is 1. The Bertz CT molecular complexity index is 1800. The highest BCUT2D eigenvalue weighted by atomic mass is 15.2. The Hall–Kier alpha value is -3.72. The van der Waals surface area contributed by atoms with Gasteiger partial charge in [0.05, 0.1) is 0 Å². The third kappa shape index (κ3) is 3.62. The van der Waals surface area contributed by atoms with Gasteiger partial charge in [0, 0.05) is 45.3 Å². The van der Waals surface area contributed by atoms with Gasteiger partial charge in [0.25, 0.3) is 6.71 Å². The molecule has 3 heteroatoms. The molecule has 0 fully saturated rings. The summed E-state index contributed by atoms with van der Waals surface area (Å²) in [4.78, 5) is 5.44. The zero-order valence-corrected chi connectivity index (χ0v) is 27.4. The van der Waals surface area contributed by atoms with Gasteiger partial charge in [-0.05, 0) is 83.6 Å². The molecule has 222 valence electrons. The first kappa shape index (κ1) is 27.8. The molecule has 2 aliphatic heterocycles. The van der Waals surface area contributed by atoms with Crippen molar-refractivity contribution in [2.24, 2.45) is 5.41 Å². The fourth-order valence-corrected chi connectivity index (χ4v) is 9.48. The Balaban J connectivity index is 1.48. The molecule has 2 heterocycles. The van der Waals surface area contributed by atoms with Crippen LogP contribution in [0.2, 0.25) is 0 Å². The Morgan fingerprint density at radius 3 is 2.34 bits per heavy atom. The van der Waals surface area contributed by atoms with Gasteiger partial charge in [0.15, 0.2) is 0 Å². The van der Waals surface area contributed by atoms with E-state index in [1.54, 1.807) is 16.5 Å². The molecule has 0 saturated carbocycles. The van der Waals surface area contributed by atoms with Gasteiger partial charge in [0.2, 0.25) is 0 Å². The van der Waals surface area contributed by atoms with Gasteiger partial charge in [-0.2, -0.15) is 0 Å². The lowest BCUT2D eigenvalue weighted by atomic mass is 9.31. The minimum absolute atomic E-state index is 0.0576. The smallest absolute Gasteiger partial charge is 0.252 e. The molecule has 0 bridgehead atoms. The summed E-state index contributed by atoms with van der Waals surface area (Å²) in [6.07, 6.45) is 12.2. The van der Waals surface area contributed by atoms with Crippen LogP contribution in [0.25, 0.3) is 5.47 Å². The summed E-state index contributed by atoms with van der Waals surface area (Å²) < 4.78 is 0. The summed E-state index contributed by atoms with van der Waals surface area (Å²) >= 11 is 0. The largest absolute Gasteiger partial charge is 0.342 e. The molecular weight excluding hydrogens is 531 g/mol. The summed E-state index contributed by atoms with van der Waals surface area (Å²) in [5.41, 5.74) is 17.5. The fourth-order valence-electron chi connectivity index (χ4n) is 9.48. The molecule has 8 rings (SSSR count). The van der Waals surface area contributed by atoms with Crippen molar-refractivity contribution in [3.8, 4) is 0 Å². The topological polar surface area (TPSA) is 6.48 Å². The minimum atomic E-state index is -0.0797. The average molecular weight is 577 g/mol. The standard InChI is InChI=1S/C41H45BN2/c1-7-8-10-18-27(2)43-33-25-17-26-34-37(33)42(35-29-21-13-15-23-31(29)40(3,4)38(35)43)36-30-22-14-16-24-32(30)41(5,6)39(36)44(34)28-19-11-9-12-20-28/h9,11-15,17,19-23,25-27H,7-8,10,16,18,24H2,1-6H3. The summed E-state index contributed by atoms with van der Waals surface area (Å²) in [7, 11) is 0. The Labute approximate surface area is 264 Å². The van der Waals surface area contributed by atoms with E-state index < -0.39 is 0 Å². The number of fused-ring (bicyclic) bond motifs is 5. The molecular formula is C41H45BN2. The van der Waals surface area contributed by atoms with E-state index >= 15 is 0 Å². The van der Waals surface area contributed by atoms with E-state index in [9.17, 15) is 0 Å². The summed E-state index contributed by atoms with van der Waals surface area (Å²) in [6, 6.07) is 28.1. The van der Waals surface area contributed by atoms with Crippen LogP contribution in [0.15, 0.2) is 113 Å². The van der Waals surface area contributed by atoms with Gasteiger partial charge in [-0.15, -0.1) is 0 Å². The average Bonchev–Trinajstić information content (AvgIpc) is 3.42. The maximum absolute atomic E-state index is 2.79. The molecule has 5 aliphatic rings. The second-order valence-electron chi connectivity index (χ2n) is 14.7. The van der Waals surface area contributed by atoms with E-state index in [0.717, 1.165) is 12.8 Å². The van der Waals surface area contributed by atoms with Gasteiger partial charge in [-0.25, -0.2) is 0 Å². The summed E-state index contributed by atoms with van der Waals surface area (Å²) in [5.74, 6) is 0. The van der Waals surface area contributed by atoms with E-state index in [2.05, 4.69) is 136 Å². The first-order chi connectivity index (χ1) is 21.3. The SMILES string of the molecule is CCCCCC(C)N1C2=C(B3C4=C(N(c5ccccc5)c5cccc1c53)C(C)(C)C1=C4C=CCC1)c1ccccc1C2(C)C. The molecule has 0 aromatic heterocycles. The van der Waals surface area contributed by atoms with Gasteiger partial charge < -0.3 is 9.80 Å². The van der Waals surface area contributed by atoms with Crippen molar-refractivity contribution in [2.45, 2.75) is 91.5 Å². The molecule has 44 heavy (non-hydrogen) atoms. The molecule has 0 saturated heterocycles. The highest BCUT2D eigenvalue weighted by molar-refractivity contribution is 6.99. The van der Waals surface area contributed by atoms with Crippen molar-refractivity contribution in [1.82, 2.24) is 0 Å². The lowest BCUT2D eigenvalue weighted by Crippen LogP contribution is -2.54. The molecule has 3 aliphatic carbocycles. The van der Waals surface area contributed by atoms with Crippen LogP contribution in [-0.2, 0) is 5.41 Å². The monoisotopic (exact) mass is 576 g/mol. The van der Waals surface area contributed by atoms with Crippen molar-refractivity contribution in [2.75, 3.05) is 9.80 Å². The third-order valence-corrected chi connectivity index (χ3v) is 11.4. The lowest BCUT2D eigenvalue weighted by molar-refractivity contribution is 0.514. The Kier molecular flexibility index (Phi) is 6.25. The van der Waals surface area contributed by atoms with Crippen molar-refractivity contribution >= 4 is 34.7 Å². The number of unbranched alkanes of at least 4 members (excludes halogenated alkanes) is 2. The van der Waals surface area contributed by atoms with Crippen LogP contribution < -0.4 is 15.3 Å². The van der Waals surface area contributed by atoms with E-state index in [0.29, 0.717) is 6.04 Å². The van der Waals surface area contributed by atoms with E-state index in [1.165, 1.54) is 76.3 Å². The van der Waals surface area contributed by atoms with Crippen molar-refractivity contribution in [3.05, 3.63) is 124 Å². The summed E-state index contributed by atoms with van der Waals surface area (Å²) in [5, 5.41) is 0. The second-order valence-corrected chi connectivity index (χ2v) is 14.7. The second kappa shape index (κ2) is 9.89. The number of allylic oxidation sites excluding steroid dienone is 6. The maximum atomic E-state index is 2.79. The van der Waals surface area contributed by atoms with Gasteiger partial charge in [-0.1, -0.05) is 120 Å². The van der Waals surface area contributed by atoms with Gasteiger partial charge in [-0.3, -0.25) is 0 Å². The highest BCUT2D eigenvalue weighted by Gasteiger charge is 2.57. The molecule has 1 unspecified atom stereocenters. The number of benzene rings is 3. The molecule has 0 radical (unpaired) electrons. The van der Waals surface area contributed by atoms with Crippen LogP contribution in [0, 0.1) is 5.41 Å². The van der Waals surface area contributed by atoms with Gasteiger partial charge in [0.1, 0.15) is 0 Å². The van der Waals surface area contributed by atoms with E-state index in [4.69, 9.17) is 0 Å². The fraction of sp³-hybridized carbons (Fsp3) is 0.366. The zero-order chi connectivity index (χ0) is 30.4.